The molecule has 0 unspecified atom stereocenters. The quantitative estimate of drug-likeness (QED) is 0.806. The highest BCUT2D eigenvalue weighted by Gasteiger charge is 2.15. The van der Waals surface area contributed by atoms with Gasteiger partial charge in [-0.05, 0) is 34.1 Å². The third-order valence-corrected chi connectivity index (χ3v) is 3.14. The van der Waals surface area contributed by atoms with Gasteiger partial charge in [-0.15, -0.1) is 0 Å². The number of nitrogens with one attached hydrogen (secondary N) is 1. The molecule has 0 aliphatic carbocycles. The van der Waals surface area contributed by atoms with Crippen LogP contribution in [0.3, 0.4) is 0 Å². The fourth-order valence-electron chi connectivity index (χ4n) is 1.54. The number of pyridine rings is 1. The second-order valence-corrected chi connectivity index (χ2v) is 5.09. The zero-order chi connectivity index (χ0) is 15.4. The molecule has 0 atom stereocenters. The maximum atomic E-state index is 12.3. The molecule has 8 heteroatoms. The highest BCUT2D eigenvalue weighted by Crippen LogP contribution is 2.27. The van der Waals surface area contributed by atoms with Gasteiger partial charge in [0, 0.05) is 10.7 Å². The summed E-state index contributed by atoms with van der Waals surface area (Å²) in [7, 11) is 0. The highest BCUT2D eigenvalue weighted by molar-refractivity contribution is 9.10. The molecule has 0 spiro atoms. The van der Waals surface area contributed by atoms with Gasteiger partial charge in [-0.25, -0.2) is 4.98 Å². The van der Waals surface area contributed by atoms with Gasteiger partial charge in [0.2, 0.25) is 0 Å². The Morgan fingerprint density at radius 1 is 1.38 bits per heavy atom. The second-order valence-electron chi connectivity index (χ2n) is 3.82. The van der Waals surface area contributed by atoms with E-state index >= 15 is 0 Å². The molecule has 0 aliphatic heterocycles. The van der Waals surface area contributed by atoms with Gasteiger partial charge < -0.3 is 10.1 Å². The van der Waals surface area contributed by atoms with Crippen LogP contribution in [-0.2, 0) is 0 Å². The fourth-order valence-corrected chi connectivity index (χ4v) is 2.06. The molecule has 4 nitrogen and oxygen atoms in total. The van der Waals surface area contributed by atoms with Crippen molar-refractivity contribution in [1.82, 2.24) is 4.98 Å². The number of amides is 1. The van der Waals surface area contributed by atoms with Crippen LogP contribution in [0, 0.1) is 0 Å². The van der Waals surface area contributed by atoms with Crippen LogP contribution in [0.4, 0.5) is 14.5 Å². The lowest BCUT2D eigenvalue weighted by molar-refractivity contribution is -0.0493. The summed E-state index contributed by atoms with van der Waals surface area (Å²) in [6.45, 7) is -2.99. The first-order valence-corrected chi connectivity index (χ1v) is 6.80. The summed E-state index contributed by atoms with van der Waals surface area (Å²) in [5.74, 6) is -0.723. The number of hydrogen-bond acceptors (Lipinski definition) is 3. The topological polar surface area (TPSA) is 51.2 Å². The normalized spacial score (nSPS) is 10.5. The van der Waals surface area contributed by atoms with Crippen molar-refractivity contribution in [2.75, 3.05) is 5.32 Å². The molecule has 1 aromatic heterocycles. The number of rotatable bonds is 4. The van der Waals surface area contributed by atoms with Gasteiger partial charge in [0.1, 0.15) is 10.9 Å². The maximum absolute atomic E-state index is 12.3. The number of para-hydroxylation sites is 2. The Morgan fingerprint density at radius 3 is 2.81 bits per heavy atom. The molecule has 0 radical (unpaired) electrons. The molecule has 1 heterocycles. The third-order valence-electron chi connectivity index (χ3n) is 2.40. The number of carbonyl (C=O) groups is 1. The van der Waals surface area contributed by atoms with Crippen LogP contribution in [0.5, 0.6) is 5.75 Å². The summed E-state index contributed by atoms with van der Waals surface area (Å²) >= 11 is 9.01. The Kier molecular flexibility index (Phi) is 5.08. The van der Waals surface area contributed by atoms with Crippen molar-refractivity contribution in [1.29, 1.82) is 0 Å². The van der Waals surface area contributed by atoms with Gasteiger partial charge in [-0.3, -0.25) is 4.79 Å². The fraction of sp³-hybridized carbons (Fsp3) is 0.0769. The summed E-state index contributed by atoms with van der Waals surface area (Å²) in [5.41, 5.74) is 0.219. The van der Waals surface area contributed by atoms with E-state index in [1.165, 1.54) is 30.5 Å². The van der Waals surface area contributed by atoms with Gasteiger partial charge >= 0.3 is 6.61 Å². The number of benzene rings is 1. The molecule has 110 valence electrons. The molecule has 0 saturated carbocycles. The minimum atomic E-state index is -2.99. The van der Waals surface area contributed by atoms with Crippen LogP contribution < -0.4 is 10.1 Å². The van der Waals surface area contributed by atoms with Gasteiger partial charge in [-0.1, -0.05) is 23.7 Å². The lowest BCUT2D eigenvalue weighted by Crippen LogP contribution is -2.14. The zero-order valence-corrected chi connectivity index (χ0v) is 12.7. The van der Waals surface area contributed by atoms with E-state index in [9.17, 15) is 13.6 Å². The highest BCUT2D eigenvalue weighted by atomic mass is 79.9. The van der Waals surface area contributed by atoms with Crippen molar-refractivity contribution in [3.8, 4) is 5.75 Å². The van der Waals surface area contributed by atoms with Crippen LogP contribution >= 0.6 is 27.5 Å². The molecule has 21 heavy (non-hydrogen) atoms. The predicted octanol–water partition coefficient (Wildman–Crippen LogP) is 4.35. The van der Waals surface area contributed by atoms with Crippen LogP contribution in [0.2, 0.25) is 5.15 Å². The maximum Gasteiger partial charge on any atom is 0.387 e. The van der Waals surface area contributed by atoms with Crippen molar-refractivity contribution >= 4 is 39.1 Å². The molecule has 1 aromatic carbocycles. The Balaban J connectivity index is 2.25. The molecule has 2 rings (SSSR count). The molecular formula is C13H8BrClF2N2O2. The minimum absolute atomic E-state index is 0.00274. The molecule has 0 bridgehead atoms. The lowest BCUT2D eigenvalue weighted by atomic mass is 10.2. The van der Waals surface area contributed by atoms with Crippen LogP contribution in [0.25, 0.3) is 0 Å². The molecule has 0 aliphatic rings. The van der Waals surface area contributed by atoms with E-state index in [0.29, 0.717) is 4.47 Å². The van der Waals surface area contributed by atoms with Gasteiger partial charge in [0.15, 0.2) is 0 Å². The Labute approximate surface area is 132 Å². The number of ether oxygens (including phenoxy) is 1. The zero-order valence-electron chi connectivity index (χ0n) is 10.3. The van der Waals surface area contributed by atoms with Crippen LogP contribution in [0.1, 0.15) is 10.4 Å². The molecule has 2 aromatic rings. The smallest absolute Gasteiger partial charge is 0.387 e. The van der Waals surface area contributed by atoms with Gasteiger partial charge in [-0.2, -0.15) is 8.78 Å². The molecule has 0 fully saturated rings. The van der Waals surface area contributed by atoms with E-state index in [1.54, 1.807) is 6.07 Å². The first-order valence-electron chi connectivity index (χ1n) is 5.63. The Hall–Kier alpha value is -1.73. The lowest BCUT2D eigenvalue weighted by Gasteiger charge is -2.12. The number of halogens is 4. The average Bonchev–Trinajstić information content (AvgIpc) is 2.43. The van der Waals surface area contributed by atoms with Crippen LogP contribution in [-0.4, -0.2) is 17.5 Å². The molecule has 1 N–H and O–H groups in total. The average molecular weight is 378 g/mol. The predicted molar refractivity (Wildman–Crippen MR) is 78.0 cm³/mol. The van der Waals surface area contributed by atoms with Crippen molar-refractivity contribution in [3.63, 3.8) is 0 Å². The van der Waals surface area contributed by atoms with Gasteiger partial charge in [0.05, 0.1) is 11.3 Å². The third kappa shape index (κ3) is 4.12. The van der Waals surface area contributed by atoms with Crippen LogP contribution in [0.15, 0.2) is 41.0 Å². The summed E-state index contributed by atoms with van der Waals surface area (Å²) in [5, 5.41) is 2.46. The Bertz CT molecular complexity index is 670. The first kappa shape index (κ1) is 15.7. The van der Waals surface area contributed by atoms with E-state index in [4.69, 9.17) is 11.6 Å². The van der Waals surface area contributed by atoms with Crippen molar-refractivity contribution in [2.24, 2.45) is 0 Å². The van der Waals surface area contributed by atoms with Crippen molar-refractivity contribution < 1.29 is 18.3 Å². The SMILES string of the molecule is O=C(Nc1ccccc1OC(F)F)c1cc(Br)cnc1Cl. The molecule has 1 amide bonds. The van der Waals surface area contributed by atoms with E-state index in [0.717, 1.165) is 0 Å². The van der Waals surface area contributed by atoms with Crippen molar-refractivity contribution in [2.45, 2.75) is 6.61 Å². The van der Waals surface area contributed by atoms with Crippen molar-refractivity contribution in [3.05, 3.63) is 51.7 Å². The number of nitrogens with zero attached hydrogens (tertiary/aromatic N) is 1. The summed E-state index contributed by atoms with van der Waals surface area (Å²) in [6.07, 6.45) is 1.44. The van der Waals surface area contributed by atoms with E-state index in [2.05, 4.69) is 31.0 Å². The van der Waals surface area contributed by atoms with Gasteiger partial charge in [0.25, 0.3) is 5.91 Å². The number of hydrogen-bond donors (Lipinski definition) is 1. The second kappa shape index (κ2) is 6.82. The summed E-state index contributed by atoms with van der Waals surface area (Å²) in [6, 6.07) is 7.33. The standard InChI is InChI=1S/C13H8BrClF2N2O2/c14-7-5-8(11(15)18-6-7)12(20)19-9-3-1-2-4-10(9)21-13(16)17/h1-6,13H,(H,19,20). The molecular weight excluding hydrogens is 370 g/mol. The number of anilines is 1. The largest absolute Gasteiger partial charge is 0.433 e. The minimum Gasteiger partial charge on any atom is -0.433 e. The molecule has 0 saturated heterocycles. The van der Waals surface area contributed by atoms with E-state index < -0.39 is 12.5 Å². The summed E-state index contributed by atoms with van der Waals surface area (Å²) in [4.78, 5) is 15.9. The van der Waals surface area contributed by atoms with E-state index in [-0.39, 0.29) is 22.2 Å². The number of carbonyl (C=O) groups excluding carboxylic acids is 1. The number of aromatic nitrogens is 1. The monoisotopic (exact) mass is 376 g/mol. The van der Waals surface area contributed by atoms with E-state index in [1.807, 2.05) is 0 Å². The number of alkyl halides is 2. The first-order chi connectivity index (χ1) is 9.97. The Morgan fingerprint density at radius 2 is 2.10 bits per heavy atom. The summed E-state index contributed by atoms with van der Waals surface area (Å²) < 4.78 is 29.5.